The minimum absolute atomic E-state index is 0.0545. The molecule has 0 bridgehead atoms. The summed E-state index contributed by atoms with van der Waals surface area (Å²) in [6, 6.07) is 4.97. The summed E-state index contributed by atoms with van der Waals surface area (Å²) in [5.41, 5.74) is 6.51. The van der Waals surface area contributed by atoms with Crippen molar-refractivity contribution in [2.24, 2.45) is 11.7 Å². The molecule has 2 fully saturated rings. The lowest BCUT2D eigenvalue weighted by Gasteiger charge is -2.30. The number of benzene rings is 1. The minimum Gasteiger partial charge on any atom is -0.481 e. The Labute approximate surface area is 224 Å². The van der Waals surface area contributed by atoms with Crippen LogP contribution in [0.4, 0.5) is 0 Å². The molecule has 3 N–H and O–H groups in total. The highest BCUT2D eigenvalue weighted by atomic mass is 32.2. The number of sulfonamides is 1. The second-order valence-corrected chi connectivity index (χ2v) is 12.4. The van der Waals surface area contributed by atoms with Crippen LogP contribution in [-0.2, 0) is 19.6 Å². The van der Waals surface area contributed by atoms with E-state index in [1.807, 2.05) is 21.9 Å². The maximum absolute atomic E-state index is 13.4. The van der Waals surface area contributed by atoms with E-state index in [4.69, 9.17) is 15.2 Å². The second-order valence-electron chi connectivity index (χ2n) is 10.3. The van der Waals surface area contributed by atoms with E-state index in [2.05, 4.69) is 6.92 Å². The van der Waals surface area contributed by atoms with E-state index in [1.165, 1.54) is 4.31 Å². The van der Waals surface area contributed by atoms with Crippen LogP contribution in [0.2, 0.25) is 0 Å². The van der Waals surface area contributed by atoms with E-state index >= 15 is 0 Å². The third kappa shape index (κ3) is 6.41. The number of hydrogen-bond acceptors (Lipinski definition) is 8. The summed E-state index contributed by atoms with van der Waals surface area (Å²) in [5, 5.41) is 10.4. The van der Waals surface area contributed by atoms with Crippen molar-refractivity contribution < 1.29 is 32.6 Å². The van der Waals surface area contributed by atoms with E-state index in [0.29, 0.717) is 63.5 Å². The van der Waals surface area contributed by atoms with Gasteiger partial charge in [0, 0.05) is 44.7 Å². The number of aliphatic carboxylic acids is 1. The predicted octanol–water partition coefficient (Wildman–Crippen LogP) is 1.29. The van der Waals surface area contributed by atoms with Crippen LogP contribution < -0.4 is 15.2 Å². The standard InChI is InChI=1S/C26H40N4O7S/c1-2-3-10-28(11-4-9-27)24(31)17-29-16-20(19-6-7-22-23(15-19)37-18-36-22)25(26(32)33)21(29)8-13-30-12-5-14-38(30,34)35/h6-7,15,20-21,25H,2-5,8-14,16-18,27H2,1H3,(H,32,33). The molecule has 0 radical (unpaired) electrons. The molecule has 1 aromatic carbocycles. The van der Waals surface area contributed by atoms with Gasteiger partial charge >= 0.3 is 5.97 Å². The largest absolute Gasteiger partial charge is 0.481 e. The number of rotatable bonds is 13. The Morgan fingerprint density at radius 1 is 1.18 bits per heavy atom. The lowest BCUT2D eigenvalue weighted by molar-refractivity contribution is -0.143. The molecule has 0 aliphatic carbocycles. The average Bonchev–Trinajstić information content (AvgIpc) is 3.58. The molecule has 3 aliphatic rings. The minimum atomic E-state index is -3.31. The first-order valence-electron chi connectivity index (χ1n) is 13.6. The number of carbonyl (C=O) groups is 2. The Morgan fingerprint density at radius 2 is 1.95 bits per heavy atom. The number of hydrogen-bond donors (Lipinski definition) is 2. The molecule has 4 rings (SSSR count). The van der Waals surface area contributed by atoms with Crippen LogP contribution in [0.5, 0.6) is 11.5 Å². The van der Waals surface area contributed by atoms with Crippen LogP contribution in [0.3, 0.4) is 0 Å². The number of fused-ring (bicyclic) bond motifs is 1. The van der Waals surface area contributed by atoms with Crippen LogP contribution in [0.25, 0.3) is 0 Å². The van der Waals surface area contributed by atoms with Gasteiger partial charge in [0.15, 0.2) is 11.5 Å². The van der Waals surface area contributed by atoms with Crippen molar-refractivity contribution in [1.29, 1.82) is 0 Å². The van der Waals surface area contributed by atoms with Gasteiger partial charge in [-0.3, -0.25) is 14.5 Å². The number of amides is 1. The Bertz CT molecular complexity index is 1090. The third-order valence-electron chi connectivity index (χ3n) is 7.84. The fourth-order valence-electron chi connectivity index (χ4n) is 5.82. The molecular weight excluding hydrogens is 512 g/mol. The molecule has 1 amide bonds. The maximum Gasteiger partial charge on any atom is 0.308 e. The third-order valence-corrected chi connectivity index (χ3v) is 9.80. The quantitative estimate of drug-likeness (QED) is 0.370. The zero-order valence-corrected chi connectivity index (χ0v) is 22.9. The summed E-state index contributed by atoms with van der Waals surface area (Å²) < 4.78 is 37.3. The zero-order chi connectivity index (χ0) is 27.3. The lowest BCUT2D eigenvalue weighted by atomic mass is 9.84. The number of nitrogens with zero attached hydrogens (tertiary/aromatic N) is 3. The number of carboxylic acid groups (broad SMARTS) is 1. The van der Waals surface area contributed by atoms with Crippen molar-refractivity contribution in [2.75, 3.05) is 58.4 Å². The van der Waals surface area contributed by atoms with Crippen LogP contribution in [-0.4, -0.2) is 104 Å². The number of carbonyl (C=O) groups excluding carboxylic acids is 1. The summed E-state index contributed by atoms with van der Waals surface area (Å²) in [6.07, 6.45) is 3.44. The topological polar surface area (TPSA) is 143 Å². The van der Waals surface area contributed by atoms with Crippen molar-refractivity contribution in [2.45, 2.75) is 51.0 Å². The fraction of sp³-hybridized carbons (Fsp3) is 0.692. The van der Waals surface area contributed by atoms with Gasteiger partial charge in [0.1, 0.15) is 0 Å². The van der Waals surface area contributed by atoms with Gasteiger partial charge in [0.25, 0.3) is 0 Å². The normalized spacial score (nSPS) is 24.6. The predicted molar refractivity (Wildman–Crippen MR) is 142 cm³/mol. The van der Waals surface area contributed by atoms with E-state index in [0.717, 1.165) is 18.4 Å². The summed E-state index contributed by atoms with van der Waals surface area (Å²) in [6.45, 7) is 5.01. The molecule has 3 atom stereocenters. The van der Waals surface area contributed by atoms with Crippen LogP contribution in [0.15, 0.2) is 18.2 Å². The molecule has 0 spiro atoms. The van der Waals surface area contributed by atoms with Gasteiger partial charge in [-0.2, -0.15) is 0 Å². The number of carboxylic acids is 1. The first-order chi connectivity index (χ1) is 18.2. The molecular formula is C26H40N4O7S. The zero-order valence-electron chi connectivity index (χ0n) is 22.1. The molecule has 0 aromatic heterocycles. The van der Waals surface area contributed by atoms with Crippen LogP contribution in [0.1, 0.15) is 50.5 Å². The monoisotopic (exact) mass is 552 g/mol. The van der Waals surface area contributed by atoms with Gasteiger partial charge in [-0.1, -0.05) is 19.4 Å². The van der Waals surface area contributed by atoms with Crippen molar-refractivity contribution in [3.05, 3.63) is 23.8 Å². The van der Waals surface area contributed by atoms with Crippen molar-refractivity contribution in [3.8, 4) is 11.5 Å². The summed E-state index contributed by atoms with van der Waals surface area (Å²) in [4.78, 5) is 29.9. The summed E-state index contributed by atoms with van der Waals surface area (Å²) in [5.74, 6) is -0.884. The van der Waals surface area contributed by atoms with Crippen molar-refractivity contribution in [1.82, 2.24) is 14.1 Å². The highest BCUT2D eigenvalue weighted by Crippen LogP contribution is 2.43. The van der Waals surface area contributed by atoms with Gasteiger partial charge < -0.3 is 25.2 Å². The SMILES string of the molecule is CCCCN(CCCN)C(=O)CN1CC(c2ccc3c(c2)OCO3)C(C(=O)O)C1CCN1CCCS1(=O)=O. The van der Waals surface area contributed by atoms with Gasteiger partial charge in [-0.15, -0.1) is 0 Å². The maximum atomic E-state index is 13.4. The Kier molecular flexibility index (Phi) is 9.50. The molecule has 11 nitrogen and oxygen atoms in total. The van der Waals surface area contributed by atoms with Gasteiger partial charge in [-0.05, 0) is 49.9 Å². The van der Waals surface area contributed by atoms with E-state index < -0.39 is 28.0 Å². The first-order valence-corrected chi connectivity index (χ1v) is 15.2. The van der Waals surface area contributed by atoms with Gasteiger partial charge in [0.05, 0.1) is 18.2 Å². The number of unbranched alkanes of at least 4 members (excludes halogenated alkanes) is 1. The molecule has 2 saturated heterocycles. The molecule has 3 unspecified atom stereocenters. The van der Waals surface area contributed by atoms with Crippen LogP contribution >= 0.6 is 0 Å². The lowest BCUT2D eigenvalue weighted by Crippen LogP contribution is -2.46. The molecule has 1 aromatic rings. The Hall–Kier alpha value is -2.41. The molecule has 38 heavy (non-hydrogen) atoms. The fourth-order valence-corrected chi connectivity index (χ4v) is 7.36. The van der Waals surface area contributed by atoms with Crippen molar-refractivity contribution >= 4 is 21.9 Å². The molecule has 12 heteroatoms. The average molecular weight is 553 g/mol. The second kappa shape index (κ2) is 12.6. The highest BCUT2D eigenvalue weighted by Gasteiger charge is 2.47. The Morgan fingerprint density at radius 3 is 2.63 bits per heavy atom. The summed E-state index contributed by atoms with van der Waals surface area (Å²) >= 11 is 0. The first kappa shape index (κ1) is 28.6. The van der Waals surface area contributed by atoms with E-state index in [-0.39, 0.29) is 37.5 Å². The Balaban J connectivity index is 1.59. The molecule has 3 aliphatic heterocycles. The van der Waals surface area contributed by atoms with Crippen molar-refractivity contribution in [3.63, 3.8) is 0 Å². The molecule has 0 saturated carbocycles. The number of nitrogens with two attached hydrogens (primary N) is 1. The van der Waals surface area contributed by atoms with E-state index in [1.54, 1.807) is 6.07 Å². The van der Waals surface area contributed by atoms with E-state index in [9.17, 15) is 23.1 Å². The smallest absolute Gasteiger partial charge is 0.308 e. The highest BCUT2D eigenvalue weighted by molar-refractivity contribution is 7.89. The molecule has 3 heterocycles. The number of ether oxygens (including phenoxy) is 2. The molecule has 212 valence electrons. The van der Waals surface area contributed by atoms with Gasteiger partial charge in [-0.25, -0.2) is 12.7 Å². The number of likely N-dealkylation sites (tertiary alicyclic amines) is 1. The van der Waals surface area contributed by atoms with Crippen LogP contribution in [0, 0.1) is 5.92 Å². The summed E-state index contributed by atoms with van der Waals surface area (Å²) in [7, 11) is -3.31. The van der Waals surface area contributed by atoms with Gasteiger partial charge in [0.2, 0.25) is 22.7 Å².